The minimum absolute atomic E-state index is 0.0537. The van der Waals surface area contributed by atoms with E-state index in [2.05, 4.69) is 0 Å². The molecule has 0 saturated carbocycles. The second-order valence-corrected chi connectivity index (χ2v) is 7.50. The standard InChI is InChI=1S/C14H21ClN2O3S/c1-3-13-9-17(4-5-20-13)21(18,19)14-7-12(15)6-11(8-16)10(14)2/h6-7,13H,3-5,8-9,16H2,1-2H3. The molecule has 0 aromatic heterocycles. The molecule has 2 N–H and O–H groups in total. The van der Waals surface area contributed by atoms with Crippen LogP contribution in [0.15, 0.2) is 17.0 Å². The molecule has 0 bridgehead atoms. The monoisotopic (exact) mass is 332 g/mol. The summed E-state index contributed by atoms with van der Waals surface area (Å²) < 4.78 is 32.7. The lowest BCUT2D eigenvalue weighted by molar-refractivity contribution is -0.00278. The molecule has 0 radical (unpaired) electrons. The van der Waals surface area contributed by atoms with Crippen LogP contribution in [-0.4, -0.2) is 38.5 Å². The summed E-state index contributed by atoms with van der Waals surface area (Å²) in [7, 11) is -3.58. The zero-order chi connectivity index (χ0) is 15.6. The predicted molar refractivity (Wildman–Crippen MR) is 82.9 cm³/mol. The van der Waals surface area contributed by atoms with Gasteiger partial charge in [-0.25, -0.2) is 8.42 Å². The topological polar surface area (TPSA) is 72.6 Å². The first-order chi connectivity index (χ1) is 9.90. The van der Waals surface area contributed by atoms with Gasteiger partial charge in [-0.15, -0.1) is 0 Å². The summed E-state index contributed by atoms with van der Waals surface area (Å²) in [6.45, 7) is 5.17. The highest BCUT2D eigenvalue weighted by molar-refractivity contribution is 7.89. The van der Waals surface area contributed by atoms with Crippen LogP contribution in [0.25, 0.3) is 0 Å². The fourth-order valence-corrected chi connectivity index (χ4v) is 4.54. The van der Waals surface area contributed by atoms with Gasteiger partial charge in [-0.05, 0) is 36.6 Å². The van der Waals surface area contributed by atoms with Gasteiger partial charge in [-0.1, -0.05) is 18.5 Å². The average molecular weight is 333 g/mol. The Labute approximate surface area is 131 Å². The number of hydrogen-bond donors (Lipinski definition) is 1. The van der Waals surface area contributed by atoms with Crippen LogP contribution in [0.5, 0.6) is 0 Å². The molecule has 1 aromatic carbocycles. The first-order valence-corrected chi connectivity index (χ1v) is 8.82. The Kier molecular flexibility index (Phi) is 5.27. The smallest absolute Gasteiger partial charge is 0.243 e. The molecule has 7 heteroatoms. The molecule has 0 amide bonds. The maximum absolute atomic E-state index is 12.9. The molecule has 5 nitrogen and oxygen atoms in total. The zero-order valence-electron chi connectivity index (χ0n) is 12.3. The van der Waals surface area contributed by atoms with Crippen LogP contribution in [0.4, 0.5) is 0 Å². The summed E-state index contributed by atoms with van der Waals surface area (Å²) in [5, 5.41) is 0.389. The van der Waals surface area contributed by atoms with Crippen LogP contribution < -0.4 is 5.73 Å². The van der Waals surface area contributed by atoms with Gasteiger partial charge in [0.25, 0.3) is 0 Å². The van der Waals surface area contributed by atoms with E-state index in [0.717, 1.165) is 12.0 Å². The highest BCUT2D eigenvalue weighted by atomic mass is 35.5. The molecular weight excluding hydrogens is 312 g/mol. The van der Waals surface area contributed by atoms with Gasteiger partial charge in [0.15, 0.2) is 0 Å². The quantitative estimate of drug-likeness (QED) is 0.914. The number of ether oxygens (including phenoxy) is 1. The van der Waals surface area contributed by atoms with Crippen molar-refractivity contribution >= 4 is 21.6 Å². The van der Waals surface area contributed by atoms with Crippen molar-refractivity contribution < 1.29 is 13.2 Å². The number of nitrogens with two attached hydrogens (primary N) is 1. The number of rotatable bonds is 4. The van der Waals surface area contributed by atoms with E-state index in [0.29, 0.717) is 30.3 Å². The third kappa shape index (κ3) is 3.40. The van der Waals surface area contributed by atoms with Crippen LogP contribution in [0.3, 0.4) is 0 Å². The SMILES string of the molecule is CCC1CN(S(=O)(=O)c2cc(Cl)cc(CN)c2C)CCO1. The van der Waals surface area contributed by atoms with Gasteiger partial charge in [-0.2, -0.15) is 4.31 Å². The lowest BCUT2D eigenvalue weighted by atomic mass is 10.1. The van der Waals surface area contributed by atoms with Crippen molar-refractivity contribution in [1.29, 1.82) is 0 Å². The minimum Gasteiger partial charge on any atom is -0.375 e. The molecule has 1 heterocycles. The number of halogens is 1. The second kappa shape index (κ2) is 6.62. The lowest BCUT2D eigenvalue weighted by Gasteiger charge is -2.32. The molecule has 1 aromatic rings. The van der Waals surface area contributed by atoms with Crippen molar-refractivity contribution in [2.75, 3.05) is 19.7 Å². The fourth-order valence-electron chi connectivity index (χ4n) is 2.48. The lowest BCUT2D eigenvalue weighted by Crippen LogP contribution is -2.45. The van der Waals surface area contributed by atoms with E-state index >= 15 is 0 Å². The van der Waals surface area contributed by atoms with E-state index < -0.39 is 10.0 Å². The summed E-state index contributed by atoms with van der Waals surface area (Å²) in [6, 6.07) is 3.21. The van der Waals surface area contributed by atoms with E-state index in [9.17, 15) is 8.42 Å². The summed E-state index contributed by atoms with van der Waals surface area (Å²) in [6.07, 6.45) is 0.733. The number of morpholine rings is 1. The molecule has 21 heavy (non-hydrogen) atoms. The normalized spacial score (nSPS) is 20.7. The maximum Gasteiger partial charge on any atom is 0.243 e. The van der Waals surface area contributed by atoms with Gasteiger partial charge < -0.3 is 10.5 Å². The number of hydrogen-bond acceptors (Lipinski definition) is 4. The third-order valence-electron chi connectivity index (χ3n) is 3.83. The Morgan fingerprint density at radius 2 is 2.19 bits per heavy atom. The molecule has 1 atom stereocenters. The van der Waals surface area contributed by atoms with Crippen molar-refractivity contribution in [3.8, 4) is 0 Å². The van der Waals surface area contributed by atoms with Crippen LogP contribution in [0.1, 0.15) is 24.5 Å². The summed E-state index contributed by atoms with van der Waals surface area (Å²) >= 11 is 6.04. The number of benzene rings is 1. The van der Waals surface area contributed by atoms with Crippen LogP contribution in [0, 0.1) is 6.92 Å². The zero-order valence-corrected chi connectivity index (χ0v) is 13.9. The minimum atomic E-state index is -3.58. The van der Waals surface area contributed by atoms with E-state index in [1.165, 1.54) is 10.4 Å². The van der Waals surface area contributed by atoms with Crippen LogP contribution in [0.2, 0.25) is 5.02 Å². The van der Waals surface area contributed by atoms with Crippen molar-refractivity contribution in [3.05, 3.63) is 28.3 Å². The molecule has 1 fully saturated rings. The van der Waals surface area contributed by atoms with E-state index in [1.807, 2.05) is 6.92 Å². The largest absolute Gasteiger partial charge is 0.375 e. The number of sulfonamides is 1. The molecule has 2 rings (SSSR count). The van der Waals surface area contributed by atoms with Crippen molar-refractivity contribution in [1.82, 2.24) is 4.31 Å². The highest BCUT2D eigenvalue weighted by Gasteiger charge is 2.31. The van der Waals surface area contributed by atoms with E-state index in [1.54, 1.807) is 13.0 Å². The van der Waals surface area contributed by atoms with E-state index in [4.69, 9.17) is 22.1 Å². The van der Waals surface area contributed by atoms with Crippen LogP contribution >= 0.6 is 11.6 Å². The Hall–Kier alpha value is -0.660. The molecule has 0 spiro atoms. The highest BCUT2D eigenvalue weighted by Crippen LogP contribution is 2.28. The molecular formula is C14H21ClN2O3S. The maximum atomic E-state index is 12.9. The molecule has 118 valence electrons. The first kappa shape index (κ1) is 16.7. The Balaban J connectivity index is 2.42. The van der Waals surface area contributed by atoms with E-state index in [-0.39, 0.29) is 17.5 Å². The number of nitrogens with zero attached hydrogens (tertiary/aromatic N) is 1. The molecule has 0 aliphatic carbocycles. The van der Waals surface area contributed by atoms with Gasteiger partial charge in [-0.3, -0.25) is 0 Å². The average Bonchev–Trinajstić information content (AvgIpc) is 2.49. The molecule has 1 unspecified atom stereocenters. The molecule has 1 aliphatic rings. The predicted octanol–water partition coefficient (Wildman–Crippen LogP) is 1.91. The van der Waals surface area contributed by atoms with Crippen molar-refractivity contribution in [2.24, 2.45) is 5.73 Å². The van der Waals surface area contributed by atoms with Gasteiger partial charge in [0, 0.05) is 24.7 Å². The molecule has 1 saturated heterocycles. The van der Waals surface area contributed by atoms with Gasteiger partial charge in [0.05, 0.1) is 17.6 Å². The Morgan fingerprint density at radius 1 is 1.48 bits per heavy atom. The van der Waals surface area contributed by atoms with Gasteiger partial charge >= 0.3 is 0 Å². The van der Waals surface area contributed by atoms with Crippen molar-refractivity contribution in [3.63, 3.8) is 0 Å². The second-order valence-electron chi connectivity index (χ2n) is 5.16. The third-order valence-corrected chi connectivity index (χ3v) is 6.04. The van der Waals surface area contributed by atoms with Crippen molar-refractivity contribution in [2.45, 2.75) is 37.8 Å². The molecule has 1 aliphatic heterocycles. The van der Waals surface area contributed by atoms with Gasteiger partial charge in [0.2, 0.25) is 10.0 Å². The fraction of sp³-hybridized carbons (Fsp3) is 0.571. The Morgan fingerprint density at radius 3 is 2.81 bits per heavy atom. The Bertz CT molecular complexity index is 619. The first-order valence-electron chi connectivity index (χ1n) is 7.01. The summed E-state index contributed by atoms with van der Waals surface area (Å²) in [5.74, 6) is 0. The summed E-state index contributed by atoms with van der Waals surface area (Å²) in [5.41, 5.74) is 7.09. The van der Waals surface area contributed by atoms with Gasteiger partial charge in [0.1, 0.15) is 0 Å². The summed E-state index contributed by atoms with van der Waals surface area (Å²) in [4.78, 5) is 0.243. The van der Waals surface area contributed by atoms with Crippen LogP contribution in [-0.2, 0) is 21.3 Å².